The molecule has 0 saturated carbocycles. The number of aryl methyl sites for hydroxylation is 1. The van der Waals surface area contributed by atoms with Crippen LogP contribution in [0.5, 0.6) is 0 Å². The molecule has 0 saturated heterocycles. The van der Waals surface area contributed by atoms with Crippen molar-refractivity contribution in [2.24, 2.45) is 0 Å². The maximum atomic E-state index is 3.55. The summed E-state index contributed by atoms with van der Waals surface area (Å²) in [4.78, 5) is 0. The van der Waals surface area contributed by atoms with Crippen molar-refractivity contribution >= 4 is 28.3 Å². The molecule has 2 rings (SSSR count). The average Bonchev–Trinajstić information content (AvgIpc) is 2.32. The number of hydrogen-bond donors (Lipinski definition) is 1. The van der Waals surface area contributed by atoms with Gasteiger partial charge in [0.15, 0.2) is 0 Å². The first-order valence-corrected chi connectivity index (χ1v) is 6.82. The normalized spacial score (nSPS) is 12.2. The van der Waals surface area contributed by atoms with Crippen LogP contribution >= 0.6 is 22.6 Å². The van der Waals surface area contributed by atoms with Crippen molar-refractivity contribution in [3.05, 3.63) is 63.2 Å². The minimum absolute atomic E-state index is 0.325. The highest BCUT2D eigenvalue weighted by Gasteiger charge is 2.06. The molecule has 88 valence electrons. The van der Waals surface area contributed by atoms with Crippen molar-refractivity contribution < 1.29 is 0 Å². The predicted molar refractivity (Wildman–Crippen MR) is 82.4 cm³/mol. The third-order valence-electron chi connectivity index (χ3n) is 2.79. The van der Waals surface area contributed by atoms with Crippen molar-refractivity contribution in [3.8, 4) is 0 Å². The van der Waals surface area contributed by atoms with Crippen LogP contribution in [-0.4, -0.2) is 0 Å². The molecule has 1 nitrogen and oxygen atoms in total. The second-order valence-electron chi connectivity index (χ2n) is 4.26. The van der Waals surface area contributed by atoms with E-state index >= 15 is 0 Å². The van der Waals surface area contributed by atoms with E-state index in [4.69, 9.17) is 0 Å². The minimum atomic E-state index is 0.325. The number of hydrogen-bond acceptors (Lipinski definition) is 1. The summed E-state index contributed by atoms with van der Waals surface area (Å²) in [7, 11) is 0. The van der Waals surface area contributed by atoms with E-state index < -0.39 is 0 Å². The van der Waals surface area contributed by atoms with Crippen LogP contribution in [-0.2, 0) is 0 Å². The van der Waals surface area contributed by atoms with Crippen molar-refractivity contribution in [2.45, 2.75) is 19.9 Å². The van der Waals surface area contributed by atoms with Gasteiger partial charge >= 0.3 is 0 Å². The Kier molecular flexibility index (Phi) is 4.05. The Morgan fingerprint density at radius 3 is 2.53 bits per heavy atom. The first kappa shape index (κ1) is 12.4. The average molecular weight is 337 g/mol. The monoisotopic (exact) mass is 337 g/mol. The van der Waals surface area contributed by atoms with Crippen LogP contribution < -0.4 is 5.32 Å². The maximum Gasteiger partial charge on any atom is 0.0486 e. The fourth-order valence-electron chi connectivity index (χ4n) is 1.83. The Morgan fingerprint density at radius 2 is 1.82 bits per heavy atom. The van der Waals surface area contributed by atoms with E-state index in [0.29, 0.717) is 6.04 Å². The van der Waals surface area contributed by atoms with Crippen LogP contribution in [0.2, 0.25) is 0 Å². The molecule has 1 N–H and O–H groups in total. The van der Waals surface area contributed by atoms with Crippen LogP contribution in [0.15, 0.2) is 48.5 Å². The highest BCUT2D eigenvalue weighted by molar-refractivity contribution is 14.1. The Hall–Kier alpha value is -1.03. The van der Waals surface area contributed by atoms with Gasteiger partial charge in [0.1, 0.15) is 0 Å². The van der Waals surface area contributed by atoms with Crippen LogP contribution in [0.1, 0.15) is 24.1 Å². The van der Waals surface area contributed by atoms with Gasteiger partial charge in [0.2, 0.25) is 0 Å². The lowest BCUT2D eigenvalue weighted by atomic mass is 10.1. The number of rotatable bonds is 3. The molecule has 0 fully saturated rings. The van der Waals surface area contributed by atoms with Gasteiger partial charge in [-0.25, -0.2) is 0 Å². The summed E-state index contributed by atoms with van der Waals surface area (Å²) in [6, 6.07) is 17.3. The van der Waals surface area contributed by atoms with Gasteiger partial charge < -0.3 is 5.32 Å². The largest absolute Gasteiger partial charge is 0.378 e. The first-order chi connectivity index (χ1) is 8.16. The molecule has 0 heterocycles. The third kappa shape index (κ3) is 3.22. The molecule has 0 aliphatic heterocycles. The second-order valence-corrected chi connectivity index (χ2v) is 5.42. The summed E-state index contributed by atoms with van der Waals surface area (Å²) >= 11 is 2.36. The van der Waals surface area contributed by atoms with Gasteiger partial charge in [0, 0.05) is 15.3 Å². The molecule has 0 aromatic heterocycles. The zero-order valence-corrected chi connectivity index (χ0v) is 12.2. The smallest absolute Gasteiger partial charge is 0.0486 e. The Morgan fingerprint density at radius 1 is 1.06 bits per heavy atom. The van der Waals surface area contributed by atoms with E-state index in [1.165, 1.54) is 20.4 Å². The summed E-state index contributed by atoms with van der Waals surface area (Å²) in [6.07, 6.45) is 0. The van der Waals surface area contributed by atoms with E-state index in [-0.39, 0.29) is 0 Å². The Balaban J connectivity index is 2.17. The molecule has 17 heavy (non-hydrogen) atoms. The molecular formula is C15H16IN. The number of para-hydroxylation sites is 1. The van der Waals surface area contributed by atoms with Gasteiger partial charge in [-0.3, -0.25) is 0 Å². The molecule has 0 spiro atoms. The highest BCUT2D eigenvalue weighted by atomic mass is 127. The van der Waals surface area contributed by atoms with Gasteiger partial charge in [0.05, 0.1) is 0 Å². The fraction of sp³-hybridized carbons (Fsp3) is 0.200. The van der Waals surface area contributed by atoms with E-state index in [1.807, 2.05) is 0 Å². The second kappa shape index (κ2) is 5.54. The van der Waals surface area contributed by atoms with Gasteiger partial charge in [-0.05, 0) is 54.1 Å². The van der Waals surface area contributed by atoms with E-state index in [1.54, 1.807) is 0 Å². The molecule has 0 bridgehead atoms. The minimum Gasteiger partial charge on any atom is -0.378 e. The molecule has 0 aliphatic carbocycles. The number of benzene rings is 2. The lowest BCUT2D eigenvalue weighted by Crippen LogP contribution is -2.07. The number of halogens is 1. The summed E-state index contributed by atoms with van der Waals surface area (Å²) in [6.45, 7) is 4.32. The maximum absolute atomic E-state index is 3.55. The zero-order valence-electron chi connectivity index (χ0n) is 10.1. The lowest BCUT2D eigenvalue weighted by Gasteiger charge is -2.17. The Labute approximate surface area is 116 Å². The summed E-state index contributed by atoms with van der Waals surface area (Å²) in [5.41, 5.74) is 3.82. The number of anilines is 1. The summed E-state index contributed by atoms with van der Waals surface area (Å²) in [5, 5.41) is 3.55. The van der Waals surface area contributed by atoms with E-state index in [0.717, 1.165) is 0 Å². The Bertz CT molecular complexity index is 508. The summed E-state index contributed by atoms with van der Waals surface area (Å²) in [5.74, 6) is 0. The van der Waals surface area contributed by atoms with Gasteiger partial charge in [0.25, 0.3) is 0 Å². The molecule has 2 aromatic rings. The molecule has 1 unspecified atom stereocenters. The van der Waals surface area contributed by atoms with Crippen LogP contribution in [0.4, 0.5) is 5.69 Å². The zero-order chi connectivity index (χ0) is 12.3. The standard InChI is InChI=1S/C15H16IN/c1-11-6-5-7-13(10-11)12(2)17-15-9-4-3-8-14(15)16/h3-10,12,17H,1-2H3. The van der Waals surface area contributed by atoms with Crippen molar-refractivity contribution in [1.82, 2.24) is 0 Å². The number of nitrogens with one attached hydrogen (secondary N) is 1. The summed E-state index contributed by atoms with van der Waals surface area (Å²) < 4.78 is 1.25. The molecule has 0 radical (unpaired) electrons. The topological polar surface area (TPSA) is 12.0 Å². The molecule has 1 atom stereocenters. The van der Waals surface area contributed by atoms with E-state index in [9.17, 15) is 0 Å². The first-order valence-electron chi connectivity index (χ1n) is 5.74. The molecule has 0 amide bonds. The molecule has 2 heteroatoms. The quantitative estimate of drug-likeness (QED) is 0.796. The van der Waals surface area contributed by atoms with Crippen LogP contribution in [0.3, 0.4) is 0 Å². The van der Waals surface area contributed by atoms with Crippen molar-refractivity contribution in [1.29, 1.82) is 0 Å². The van der Waals surface area contributed by atoms with E-state index in [2.05, 4.69) is 90.3 Å². The predicted octanol–water partition coefficient (Wildman–Crippen LogP) is 4.77. The van der Waals surface area contributed by atoms with Crippen molar-refractivity contribution in [2.75, 3.05) is 5.32 Å². The molecule has 2 aromatic carbocycles. The molecular weight excluding hydrogens is 321 g/mol. The lowest BCUT2D eigenvalue weighted by molar-refractivity contribution is 0.881. The third-order valence-corrected chi connectivity index (χ3v) is 3.73. The van der Waals surface area contributed by atoms with Crippen LogP contribution in [0, 0.1) is 10.5 Å². The van der Waals surface area contributed by atoms with Gasteiger partial charge in [-0.2, -0.15) is 0 Å². The van der Waals surface area contributed by atoms with Crippen LogP contribution in [0.25, 0.3) is 0 Å². The fourth-order valence-corrected chi connectivity index (χ4v) is 2.38. The van der Waals surface area contributed by atoms with Gasteiger partial charge in [-0.1, -0.05) is 42.0 Å². The highest BCUT2D eigenvalue weighted by Crippen LogP contribution is 2.23. The SMILES string of the molecule is Cc1cccc(C(C)Nc2ccccc2I)c1. The van der Waals surface area contributed by atoms with Gasteiger partial charge in [-0.15, -0.1) is 0 Å². The molecule has 0 aliphatic rings. The van der Waals surface area contributed by atoms with Crippen molar-refractivity contribution in [3.63, 3.8) is 0 Å².